The van der Waals surface area contributed by atoms with Crippen LogP contribution in [0.25, 0.3) is 5.69 Å². The molecule has 0 amide bonds. The van der Waals surface area contributed by atoms with Crippen molar-refractivity contribution in [1.82, 2.24) is 9.78 Å². The topological polar surface area (TPSA) is 64.1 Å². The number of aromatic nitrogens is 2. The normalized spacial score (nSPS) is 10.4. The number of nitrogens with zero attached hydrogens (tertiary/aromatic N) is 2. The van der Waals surface area contributed by atoms with Crippen LogP contribution in [0.5, 0.6) is 5.75 Å². The van der Waals surface area contributed by atoms with E-state index in [2.05, 4.69) is 5.10 Å². The van der Waals surface area contributed by atoms with Crippen LogP contribution >= 0.6 is 11.6 Å². The molecule has 0 spiro atoms. The van der Waals surface area contributed by atoms with Gasteiger partial charge in [-0.2, -0.15) is 5.10 Å². The van der Waals surface area contributed by atoms with Crippen LogP contribution in [-0.4, -0.2) is 14.9 Å². The number of nitrogens with two attached hydrogens (primary N) is 1. The predicted molar refractivity (Wildman–Crippen MR) is 54.7 cm³/mol. The molecule has 0 fully saturated rings. The van der Waals surface area contributed by atoms with E-state index in [1.807, 2.05) is 0 Å². The Kier molecular flexibility index (Phi) is 2.05. The number of hydrogen-bond acceptors (Lipinski definition) is 3. The van der Waals surface area contributed by atoms with Crippen molar-refractivity contribution in [2.45, 2.75) is 0 Å². The zero-order chi connectivity index (χ0) is 10.1. The van der Waals surface area contributed by atoms with E-state index in [1.165, 1.54) is 10.9 Å². The number of halogens is 1. The summed E-state index contributed by atoms with van der Waals surface area (Å²) >= 11 is 5.89. The molecule has 4 nitrogen and oxygen atoms in total. The van der Waals surface area contributed by atoms with Gasteiger partial charge in [0.25, 0.3) is 0 Å². The summed E-state index contributed by atoms with van der Waals surface area (Å²) in [5.41, 5.74) is 6.62. The molecule has 0 aliphatic carbocycles. The molecule has 2 rings (SSSR count). The monoisotopic (exact) mass is 209 g/mol. The second-order valence-corrected chi connectivity index (χ2v) is 3.18. The van der Waals surface area contributed by atoms with Gasteiger partial charge in [-0.15, -0.1) is 0 Å². The third-order valence-corrected chi connectivity index (χ3v) is 2.19. The third kappa shape index (κ3) is 1.40. The maximum atomic E-state index is 9.26. The number of hydrogen-bond donors (Lipinski definition) is 2. The van der Waals surface area contributed by atoms with E-state index >= 15 is 0 Å². The van der Waals surface area contributed by atoms with Crippen molar-refractivity contribution < 1.29 is 5.11 Å². The number of rotatable bonds is 1. The Balaban J connectivity index is 2.55. The van der Waals surface area contributed by atoms with E-state index in [0.29, 0.717) is 16.5 Å². The van der Waals surface area contributed by atoms with Crippen LogP contribution < -0.4 is 5.73 Å². The Bertz CT molecular complexity index is 467. The maximum Gasteiger partial charge on any atom is 0.155 e. The fourth-order valence-corrected chi connectivity index (χ4v) is 1.34. The Hall–Kier alpha value is -1.68. The van der Waals surface area contributed by atoms with Gasteiger partial charge >= 0.3 is 0 Å². The summed E-state index contributed by atoms with van der Waals surface area (Å²) in [7, 11) is 0. The number of aromatic hydroxyl groups is 1. The third-order valence-electron chi connectivity index (χ3n) is 1.81. The maximum absolute atomic E-state index is 9.26. The molecule has 0 saturated carbocycles. The van der Waals surface area contributed by atoms with E-state index in [9.17, 15) is 5.11 Å². The molecule has 1 aromatic carbocycles. The molecule has 72 valence electrons. The largest absolute Gasteiger partial charge is 0.508 e. The Morgan fingerprint density at radius 1 is 1.43 bits per heavy atom. The predicted octanol–water partition coefficient (Wildman–Crippen LogP) is 1.81. The summed E-state index contributed by atoms with van der Waals surface area (Å²) in [5.74, 6) is 0.160. The number of benzene rings is 1. The minimum Gasteiger partial charge on any atom is -0.508 e. The summed E-state index contributed by atoms with van der Waals surface area (Å²) < 4.78 is 1.45. The minimum absolute atomic E-state index is 0.160. The van der Waals surface area contributed by atoms with Crippen molar-refractivity contribution in [3.05, 3.63) is 35.6 Å². The highest BCUT2D eigenvalue weighted by Gasteiger charge is 2.06. The molecule has 0 aliphatic heterocycles. The van der Waals surface area contributed by atoms with Gasteiger partial charge in [-0.25, -0.2) is 4.68 Å². The van der Waals surface area contributed by atoms with Crippen molar-refractivity contribution >= 4 is 17.3 Å². The molecule has 0 atom stereocenters. The van der Waals surface area contributed by atoms with Crippen molar-refractivity contribution in [2.75, 3.05) is 5.73 Å². The molecule has 0 aliphatic rings. The lowest BCUT2D eigenvalue weighted by molar-refractivity contribution is 0.475. The highest BCUT2D eigenvalue weighted by atomic mass is 35.5. The molecule has 0 saturated heterocycles. The summed E-state index contributed by atoms with van der Waals surface area (Å²) in [5, 5.41) is 13.6. The molecule has 3 N–H and O–H groups in total. The van der Waals surface area contributed by atoms with Crippen LogP contribution in [0.15, 0.2) is 30.5 Å². The van der Waals surface area contributed by atoms with Gasteiger partial charge in [-0.3, -0.25) is 0 Å². The van der Waals surface area contributed by atoms with E-state index in [-0.39, 0.29) is 5.75 Å². The first-order chi connectivity index (χ1) is 6.68. The molecule has 1 aromatic heterocycles. The molecule has 5 heteroatoms. The van der Waals surface area contributed by atoms with Gasteiger partial charge < -0.3 is 10.8 Å². The van der Waals surface area contributed by atoms with Gasteiger partial charge in [0.05, 0.1) is 17.6 Å². The standard InChI is InChI=1S/C9H8ClN3O/c10-9-8(11)5-12-13(9)6-2-1-3-7(14)4-6/h1-5,14H,11H2. The summed E-state index contributed by atoms with van der Waals surface area (Å²) in [6.07, 6.45) is 1.46. The van der Waals surface area contributed by atoms with Crippen LogP contribution in [0.3, 0.4) is 0 Å². The Morgan fingerprint density at radius 3 is 2.79 bits per heavy atom. The van der Waals surface area contributed by atoms with E-state index in [1.54, 1.807) is 24.3 Å². The molecule has 2 aromatic rings. The van der Waals surface area contributed by atoms with Crippen molar-refractivity contribution in [3.63, 3.8) is 0 Å². The molecule has 14 heavy (non-hydrogen) atoms. The number of phenolic OH excluding ortho intramolecular Hbond substituents is 1. The van der Waals surface area contributed by atoms with E-state index < -0.39 is 0 Å². The van der Waals surface area contributed by atoms with Gasteiger partial charge in [0.2, 0.25) is 0 Å². The number of nitrogen functional groups attached to an aromatic ring is 1. The van der Waals surface area contributed by atoms with Gasteiger partial charge in [-0.05, 0) is 12.1 Å². The van der Waals surface area contributed by atoms with Crippen molar-refractivity contribution in [1.29, 1.82) is 0 Å². The van der Waals surface area contributed by atoms with E-state index in [0.717, 1.165) is 0 Å². The molecule has 0 bridgehead atoms. The molecule has 1 heterocycles. The first-order valence-corrected chi connectivity index (χ1v) is 4.34. The Morgan fingerprint density at radius 2 is 2.21 bits per heavy atom. The van der Waals surface area contributed by atoms with Gasteiger partial charge in [-0.1, -0.05) is 17.7 Å². The van der Waals surface area contributed by atoms with E-state index in [4.69, 9.17) is 17.3 Å². The zero-order valence-electron chi connectivity index (χ0n) is 7.18. The molecular formula is C9H8ClN3O. The molecule has 0 radical (unpaired) electrons. The van der Waals surface area contributed by atoms with Crippen LogP contribution in [0.2, 0.25) is 5.15 Å². The first-order valence-electron chi connectivity index (χ1n) is 3.97. The van der Waals surface area contributed by atoms with Crippen LogP contribution in [0.1, 0.15) is 0 Å². The smallest absolute Gasteiger partial charge is 0.155 e. The summed E-state index contributed by atoms with van der Waals surface area (Å²) in [4.78, 5) is 0. The lowest BCUT2D eigenvalue weighted by atomic mass is 10.3. The summed E-state index contributed by atoms with van der Waals surface area (Å²) in [6, 6.07) is 6.61. The highest BCUT2D eigenvalue weighted by molar-refractivity contribution is 6.32. The highest BCUT2D eigenvalue weighted by Crippen LogP contribution is 2.23. The van der Waals surface area contributed by atoms with Gasteiger partial charge in [0.1, 0.15) is 5.75 Å². The fraction of sp³-hybridized carbons (Fsp3) is 0. The SMILES string of the molecule is Nc1cnn(-c2cccc(O)c2)c1Cl. The number of phenols is 1. The Labute approximate surface area is 85.5 Å². The lowest BCUT2D eigenvalue weighted by Gasteiger charge is -2.02. The van der Waals surface area contributed by atoms with Crippen molar-refractivity contribution in [2.24, 2.45) is 0 Å². The quantitative estimate of drug-likeness (QED) is 0.753. The molecular weight excluding hydrogens is 202 g/mol. The second-order valence-electron chi connectivity index (χ2n) is 2.82. The fourth-order valence-electron chi connectivity index (χ4n) is 1.15. The lowest BCUT2D eigenvalue weighted by Crippen LogP contribution is -1.95. The zero-order valence-corrected chi connectivity index (χ0v) is 7.94. The van der Waals surface area contributed by atoms with Crippen LogP contribution in [0, 0.1) is 0 Å². The van der Waals surface area contributed by atoms with Crippen LogP contribution in [0.4, 0.5) is 5.69 Å². The van der Waals surface area contributed by atoms with Gasteiger partial charge in [0.15, 0.2) is 5.15 Å². The van der Waals surface area contributed by atoms with Gasteiger partial charge in [0, 0.05) is 6.07 Å². The van der Waals surface area contributed by atoms with Crippen LogP contribution in [-0.2, 0) is 0 Å². The minimum atomic E-state index is 0.160. The second kappa shape index (κ2) is 3.23. The van der Waals surface area contributed by atoms with Crippen molar-refractivity contribution in [3.8, 4) is 11.4 Å². The number of anilines is 1. The molecule has 0 unspecified atom stereocenters. The average Bonchev–Trinajstić information content (AvgIpc) is 2.48. The average molecular weight is 210 g/mol. The summed E-state index contributed by atoms with van der Waals surface area (Å²) in [6.45, 7) is 0. The first kappa shape index (κ1) is 8.90.